The summed E-state index contributed by atoms with van der Waals surface area (Å²) in [6.07, 6.45) is 0. The summed E-state index contributed by atoms with van der Waals surface area (Å²) < 4.78 is 19.7. The van der Waals surface area contributed by atoms with E-state index in [0.717, 1.165) is 10.5 Å². The van der Waals surface area contributed by atoms with Crippen molar-refractivity contribution in [2.75, 3.05) is 0 Å². The minimum atomic E-state index is -0.496. The average Bonchev–Trinajstić information content (AvgIpc) is 2.42. The van der Waals surface area contributed by atoms with E-state index in [1.54, 1.807) is 12.1 Å². The van der Waals surface area contributed by atoms with Crippen LogP contribution >= 0.6 is 15.9 Å². The number of ether oxygens (including phenoxy) is 1. The van der Waals surface area contributed by atoms with Gasteiger partial charge in [0.05, 0.1) is 5.56 Å². The first kappa shape index (κ1) is 13.4. The molecule has 0 amide bonds. The first-order valence-electron chi connectivity index (χ1n) is 5.31. The number of amidine groups is 1. The highest BCUT2D eigenvalue weighted by atomic mass is 79.9. The van der Waals surface area contributed by atoms with Crippen LogP contribution in [0.2, 0.25) is 0 Å². The molecule has 2 rings (SSSR count). The second kappa shape index (κ2) is 5.71. The molecule has 0 unspecified atom stereocenters. The number of benzene rings is 2. The Labute approximate surface area is 117 Å². The summed E-state index contributed by atoms with van der Waals surface area (Å²) in [4.78, 5) is 0. The normalized spacial score (nSPS) is 11.4. The molecule has 0 bridgehead atoms. The Bertz CT molecular complexity index is 615. The van der Waals surface area contributed by atoms with E-state index < -0.39 is 5.82 Å². The fourth-order valence-corrected chi connectivity index (χ4v) is 1.74. The summed E-state index contributed by atoms with van der Waals surface area (Å²) >= 11 is 3.31. The molecular weight excluding hydrogens is 315 g/mol. The molecule has 0 fully saturated rings. The zero-order valence-electron chi connectivity index (χ0n) is 9.68. The van der Waals surface area contributed by atoms with Gasteiger partial charge in [0, 0.05) is 4.47 Å². The molecule has 0 aliphatic carbocycles. The van der Waals surface area contributed by atoms with Crippen LogP contribution in [0.25, 0.3) is 0 Å². The third kappa shape index (κ3) is 3.23. The number of halogens is 2. The van der Waals surface area contributed by atoms with E-state index in [4.69, 9.17) is 15.7 Å². The standard InChI is InChI=1S/C13H10BrFN2O2/c14-8-1-4-10(5-2-8)19-12-6-3-9(15)7-11(12)13(16)17-18/h1-7,18H,(H2,16,17). The van der Waals surface area contributed by atoms with Gasteiger partial charge >= 0.3 is 0 Å². The summed E-state index contributed by atoms with van der Waals surface area (Å²) in [5, 5.41) is 11.5. The lowest BCUT2D eigenvalue weighted by molar-refractivity contribution is 0.318. The smallest absolute Gasteiger partial charge is 0.173 e. The number of oxime groups is 1. The maximum Gasteiger partial charge on any atom is 0.173 e. The SMILES string of the molecule is NC(=NO)c1cc(F)ccc1Oc1ccc(Br)cc1. The van der Waals surface area contributed by atoms with Crippen LogP contribution in [0.4, 0.5) is 4.39 Å². The highest BCUT2D eigenvalue weighted by molar-refractivity contribution is 9.10. The van der Waals surface area contributed by atoms with Gasteiger partial charge in [-0.05, 0) is 42.5 Å². The van der Waals surface area contributed by atoms with E-state index in [1.807, 2.05) is 12.1 Å². The third-order valence-electron chi connectivity index (χ3n) is 2.37. The largest absolute Gasteiger partial charge is 0.457 e. The van der Waals surface area contributed by atoms with Gasteiger partial charge in [0.2, 0.25) is 0 Å². The van der Waals surface area contributed by atoms with Gasteiger partial charge in [0.1, 0.15) is 17.3 Å². The Morgan fingerprint density at radius 1 is 1.21 bits per heavy atom. The lowest BCUT2D eigenvalue weighted by Crippen LogP contribution is -2.14. The molecule has 6 heteroatoms. The van der Waals surface area contributed by atoms with Crippen molar-refractivity contribution >= 4 is 21.8 Å². The van der Waals surface area contributed by atoms with Crippen molar-refractivity contribution in [3.8, 4) is 11.5 Å². The highest BCUT2D eigenvalue weighted by Gasteiger charge is 2.11. The number of nitrogens with two attached hydrogens (primary N) is 1. The Morgan fingerprint density at radius 2 is 1.89 bits per heavy atom. The van der Waals surface area contributed by atoms with Crippen LogP contribution < -0.4 is 10.5 Å². The fraction of sp³-hybridized carbons (Fsp3) is 0. The minimum absolute atomic E-state index is 0.186. The van der Waals surface area contributed by atoms with Crippen LogP contribution in [0.15, 0.2) is 52.1 Å². The zero-order valence-corrected chi connectivity index (χ0v) is 11.3. The zero-order chi connectivity index (χ0) is 13.8. The summed E-state index contributed by atoms with van der Waals surface area (Å²) in [6.45, 7) is 0. The van der Waals surface area contributed by atoms with E-state index in [1.165, 1.54) is 12.1 Å². The molecule has 0 spiro atoms. The van der Waals surface area contributed by atoms with Crippen molar-refractivity contribution in [2.24, 2.45) is 10.9 Å². The molecule has 0 aliphatic heterocycles. The van der Waals surface area contributed by atoms with Crippen LogP contribution in [-0.2, 0) is 0 Å². The van der Waals surface area contributed by atoms with Crippen LogP contribution in [0, 0.1) is 5.82 Å². The molecule has 3 N–H and O–H groups in total. The van der Waals surface area contributed by atoms with Crippen molar-refractivity contribution < 1.29 is 14.3 Å². The molecule has 2 aromatic rings. The summed E-state index contributed by atoms with van der Waals surface area (Å²) in [5.74, 6) is 0.150. The van der Waals surface area contributed by atoms with E-state index in [2.05, 4.69) is 21.1 Å². The van der Waals surface area contributed by atoms with Crippen LogP contribution in [-0.4, -0.2) is 11.0 Å². The molecule has 4 nitrogen and oxygen atoms in total. The Hall–Kier alpha value is -2.08. The van der Waals surface area contributed by atoms with Crippen molar-refractivity contribution in [1.82, 2.24) is 0 Å². The summed E-state index contributed by atoms with van der Waals surface area (Å²) in [5.41, 5.74) is 5.67. The predicted molar refractivity (Wildman–Crippen MR) is 73.1 cm³/mol. The molecule has 2 aromatic carbocycles. The minimum Gasteiger partial charge on any atom is -0.457 e. The van der Waals surface area contributed by atoms with Gasteiger partial charge in [-0.15, -0.1) is 0 Å². The van der Waals surface area contributed by atoms with Gasteiger partial charge in [-0.25, -0.2) is 4.39 Å². The Balaban J connectivity index is 2.37. The fourth-order valence-electron chi connectivity index (χ4n) is 1.47. The van der Waals surface area contributed by atoms with Gasteiger partial charge in [-0.1, -0.05) is 21.1 Å². The number of rotatable bonds is 3. The third-order valence-corrected chi connectivity index (χ3v) is 2.90. The lowest BCUT2D eigenvalue weighted by Gasteiger charge is -2.10. The molecule has 0 aliphatic rings. The molecule has 0 saturated heterocycles. The molecule has 19 heavy (non-hydrogen) atoms. The van der Waals surface area contributed by atoms with Crippen molar-refractivity contribution in [1.29, 1.82) is 0 Å². The predicted octanol–water partition coefficient (Wildman–Crippen LogP) is 3.48. The summed E-state index contributed by atoms with van der Waals surface area (Å²) in [7, 11) is 0. The number of hydrogen-bond acceptors (Lipinski definition) is 3. The first-order chi connectivity index (χ1) is 9.10. The Morgan fingerprint density at radius 3 is 2.53 bits per heavy atom. The molecule has 0 atom stereocenters. The Kier molecular flexibility index (Phi) is 4.01. The quantitative estimate of drug-likeness (QED) is 0.393. The van der Waals surface area contributed by atoms with Gasteiger partial charge in [-0.3, -0.25) is 0 Å². The maximum atomic E-state index is 13.2. The molecule has 0 aromatic heterocycles. The molecular formula is C13H10BrFN2O2. The topological polar surface area (TPSA) is 67.8 Å². The average molecular weight is 325 g/mol. The van der Waals surface area contributed by atoms with Gasteiger partial charge in [0.15, 0.2) is 5.84 Å². The maximum absolute atomic E-state index is 13.2. The highest BCUT2D eigenvalue weighted by Crippen LogP contribution is 2.27. The second-order valence-corrected chi connectivity index (χ2v) is 4.60. The lowest BCUT2D eigenvalue weighted by atomic mass is 10.2. The molecule has 0 heterocycles. The van der Waals surface area contributed by atoms with Crippen LogP contribution in [0.3, 0.4) is 0 Å². The van der Waals surface area contributed by atoms with E-state index >= 15 is 0 Å². The first-order valence-corrected chi connectivity index (χ1v) is 6.10. The molecule has 0 saturated carbocycles. The van der Waals surface area contributed by atoms with Crippen LogP contribution in [0.5, 0.6) is 11.5 Å². The van der Waals surface area contributed by atoms with Crippen LogP contribution in [0.1, 0.15) is 5.56 Å². The molecule has 0 radical (unpaired) electrons. The summed E-state index contributed by atoms with van der Waals surface area (Å²) in [6, 6.07) is 10.9. The van der Waals surface area contributed by atoms with E-state index in [0.29, 0.717) is 11.5 Å². The number of hydrogen-bond donors (Lipinski definition) is 2. The second-order valence-electron chi connectivity index (χ2n) is 3.68. The van der Waals surface area contributed by atoms with Gasteiger partial charge < -0.3 is 15.7 Å². The number of nitrogens with zero attached hydrogens (tertiary/aromatic N) is 1. The van der Waals surface area contributed by atoms with Crippen molar-refractivity contribution in [2.45, 2.75) is 0 Å². The van der Waals surface area contributed by atoms with Crippen molar-refractivity contribution in [3.63, 3.8) is 0 Å². The van der Waals surface area contributed by atoms with E-state index in [-0.39, 0.29) is 11.4 Å². The van der Waals surface area contributed by atoms with E-state index in [9.17, 15) is 4.39 Å². The van der Waals surface area contributed by atoms with Crippen molar-refractivity contribution in [3.05, 3.63) is 58.3 Å². The monoisotopic (exact) mass is 324 g/mol. The molecule has 98 valence electrons. The van der Waals surface area contributed by atoms with Gasteiger partial charge in [-0.2, -0.15) is 0 Å². The van der Waals surface area contributed by atoms with Gasteiger partial charge in [0.25, 0.3) is 0 Å².